The number of guanidine groups is 1. The van der Waals surface area contributed by atoms with Crippen molar-refractivity contribution in [1.82, 2.24) is 14.9 Å². The SMILES string of the molecule is CCNC(=NCCCOC1CCOC1)NCCCN(CC)S(C)(=O)=O. The van der Waals surface area contributed by atoms with Gasteiger partial charge in [0.25, 0.3) is 0 Å². The van der Waals surface area contributed by atoms with Gasteiger partial charge < -0.3 is 20.1 Å². The van der Waals surface area contributed by atoms with Gasteiger partial charge >= 0.3 is 0 Å². The summed E-state index contributed by atoms with van der Waals surface area (Å²) in [6.07, 6.45) is 4.07. The van der Waals surface area contributed by atoms with Crippen molar-refractivity contribution in [3.05, 3.63) is 0 Å². The smallest absolute Gasteiger partial charge is 0.211 e. The van der Waals surface area contributed by atoms with E-state index in [0.29, 0.717) is 39.4 Å². The molecule has 8 nitrogen and oxygen atoms in total. The number of nitrogens with one attached hydrogen (secondary N) is 2. The van der Waals surface area contributed by atoms with Crippen molar-refractivity contribution in [2.24, 2.45) is 4.99 Å². The van der Waals surface area contributed by atoms with Gasteiger partial charge in [-0.2, -0.15) is 0 Å². The predicted molar refractivity (Wildman–Crippen MR) is 100 cm³/mol. The summed E-state index contributed by atoms with van der Waals surface area (Å²) in [6.45, 7) is 9.21. The third-order valence-electron chi connectivity index (χ3n) is 3.86. The Morgan fingerprint density at radius 1 is 1.32 bits per heavy atom. The molecule has 0 amide bonds. The summed E-state index contributed by atoms with van der Waals surface area (Å²) in [5, 5.41) is 6.43. The molecule has 1 rings (SSSR count). The lowest BCUT2D eigenvalue weighted by molar-refractivity contribution is 0.0424. The van der Waals surface area contributed by atoms with Crippen LogP contribution in [0.4, 0.5) is 0 Å². The van der Waals surface area contributed by atoms with Crippen molar-refractivity contribution in [3.63, 3.8) is 0 Å². The van der Waals surface area contributed by atoms with Gasteiger partial charge in [0.05, 0.1) is 19.0 Å². The molecule has 1 atom stereocenters. The first kappa shape index (κ1) is 22.1. The quantitative estimate of drug-likeness (QED) is 0.290. The predicted octanol–water partition coefficient (Wildman–Crippen LogP) is 0.409. The van der Waals surface area contributed by atoms with E-state index in [0.717, 1.165) is 38.4 Å². The van der Waals surface area contributed by atoms with Crippen molar-refractivity contribution in [2.45, 2.75) is 39.2 Å². The second-order valence-corrected chi connectivity index (χ2v) is 7.99. The van der Waals surface area contributed by atoms with Gasteiger partial charge in [0.2, 0.25) is 10.0 Å². The van der Waals surface area contributed by atoms with Gasteiger partial charge in [-0.25, -0.2) is 12.7 Å². The molecule has 1 aliphatic heterocycles. The van der Waals surface area contributed by atoms with E-state index in [4.69, 9.17) is 9.47 Å². The number of aliphatic imine (C=N–C) groups is 1. The molecule has 2 N–H and O–H groups in total. The fourth-order valence-electron chi connectivity index (χ4n) is 2.51. The average Bonchev–Trinajstić information content (AvgIpc) is 3.06. The zero-order valence-corrected chi connectivity index (χ0v) is 16.6. The molecule has 0 aromatic rings. The fraction of sp³-hybridized carbons (Fsp3) is 0.938. The lowest BCUT2D eigenvalue weighted by Crippen LogP contribution is -2.39. The molecule has 0 aliphatic carbocycles. The van der Waals surface area contributed by atoms with Crippen LogP contribution in [0, 0.1) is 0 Å². The Morgan fingerprint density at radius 3 is 2.72 bits per heavy atom. The average molecular weight is 379 g/mol. The standard InChI is InChI=1S/C16H34N4O4S/c1-4-17-16(18-9-6-11-20(5-2)25(3,21)22)19-10-7-12-24-15-8-13-23-14-15/h15H,4-14H2,1-3H3,(H2,17,18,19). The Hall–Kier alpha value is -0.900. The first-order valence-corrected chi connectivity index (χ1v) is 11.0. The van der Waals surface area contributed by atoms with Crippen LogP contribution in [0.5, 0.6) is 0 Å². The van der Waals surface area contributed by atoms with Gasteiger partial charge in [-0.3, -0.25) is 4.99 Å². The minimum Gasteiger partial charge on any atom is -0.379 e. The van der Waals surface area contributed by atoms with Crippen LogP contribution in [0.2, 0.25) is 0 Å². The Kier molecular flexibility index (Phi) is 11.0. The summed E-state index contributed by atoms with van der Waals surface area (Å²) < 4.78 is 35.5. The lowest BCUT2D eigenvalue weighted by Gasteiger charge is -2.18. The molecule has 1 aliphatic rings. The molecule has 0 aromatic carbocycles. The molecular formula is C16H34N4O4S. The van der Waals surface area contributed by atoms with E-state index in [1.807, 2.05) is 13.8 Å². The maximum Gasteiger partial charge on any atom is 0.211 e. The highest BCUT2D eigenvalue weighted by Gasteiger charge is 2.15. The van der Waals surface area contributed by atoms with Gasteiger partial charge in [-0.15, -0.1) is 0 Å². The van der Waals surface area contributed by atoms with E-state index in [9.17, 15) is 8.42 Å². The Labute approximate surface area is 152 Å². The summed E-state index contributed by atoms with van der Waals surface area (Å²) in [7, 11) is -3.12. The van der Waals surface area contributed by atoms with Crippen LogP contribution in [0.3, 0.4) is 0 Å². The molecule has 0 radical (unpaired) electrons. The van der Waals surface area contributed by atoms with Crippen LogP contribution >= 0.6 is 0 Å². The van der Waals surface area contributed by atoms with Gasteiger partial charge in [0, 0.05) is 45.9 Å². The first-order chi connectivity index (χ1) is 12.0. The fourth-order valence-corrected chi connectivity index (χ4v) is 3.44. The van der Waals surface area contributed by atoms with Gasteiger partial charge in [-0.1, -0.05) is 6.92 Å². The van der Waals surface area contributed by atoms with Crippen LogP contribution in [0.15, 0.2) is 4.99 Å². The Bertz CT molecular complexity index is 479. The van der Waals surface area contributed by atoms with Gasteiger partial charge in [-0.05, 0) is 26.2 Å². The monoisotopic (exact) mass is 378 g/mol. The molecule has 1 saturated heterocycles. The molecule has 0 aromatic heterocycles. The Balaban J connectivity index is 2.21. The molecule has 1 fully saturated rings. The largest absolute Gasteiger partial charge is 0.379 e. The number of ether oxygens (including phenoxy) is 2. The Morgan fingerprint density at radius 2 is 2.12 bits per heavy atom. The van der Waals surface area contributed by atoms with E-state index < -0.39 is 10.0 Å². The minimum absolute atomic E-state index is 0.242. The molecule has 1 heterocycles. The summed E-state index contributed by atoms with van der Waals surface area (Å²) in [5.74, 6) is 0.758. The highest BCUT2D eigenvalue weighted by molar-refractivity contribution is 7.88. The van der Waals surface area contributed by atoms with Crippen molar-refractivity contribution >= 4 is 16.0 Å². The topological polar surface area (TPSA) is 92.3 Å². The number of hydrogen-bond donors (Lipinski definition) is 2. The van der Waals surface area contributed by atoms with Crippen LogP contribution in [0.1, 0.15) is 33.1 Å². The van der Waals surface area contributed by atoms with Gasteiger partial charge in [0.1, 0.15) is 0 Å². The maximum absolute atomic E-state index is 11.5. The van der Waals surface area contributed by atoms with E-state index in [1.54, 1.807) is 0 Å². The molecule has 0 spiro atoms. The lowest BCUT2D eigenvalue weighted by atomic mass is 10.3. The number of nitrogens with zero attached hydrogens (tertiary/aromatic N) is 2. The zero-order valence-electron chi connectivity index (χ0n) is 15.8. The molecule has 148 valence electrons. The van der Waals surface area contributed by atoms with Crippen molar-refractivity contribution in [3.8, 4) is 0 Å². The molecular weight excluding hydrogens is 344 g/mol. The van der Waals surface area contributed by atoms with E-state index >= 15 is 0 Å². The molecule has 25 heavy (non-hydrogen) atoms. The van der Waals surface area contributed by atoms with Crippen molar-refractivity contribution in [1.29, 1.82) is 0 Å². The van der Waals surface area contributed by atoms with Gasteiger partial charge in [0.15, 0.2) is 5.96 Å². The molecule has 1 unspecified atom stereocenters. The minimum atomic E-state index is -3.12. The van der Waals surface area contributed by atoms with E-state index in [2.05, 4.69) is 15.6 Å². The summed E-state index contributed by atoms with van der Waals surface area (Å²) in [4.78, 5) is 4.51. The number of sulfonamides is 1. The third kappa shape index (κ3) is 9.98. The van der Waals surface area contributed by atoms with Crippen molar-refractivity contribution in [2.75, 3.05) is 58.8 Å². The summed E-state index contributed by atoms with van der Waals surface area (Å²) >= 11 is 0. The number of rotatable bonds is 12. The van der Waals surface area contributed by atoms with E-state index in [-0.39, 0.29) is 6.10 Å². The van der Waals surface area contributed by atoms with E-state index in [1.165, 1.54) is 10.6 Å². The second kappa shape index (κ2) is 12.5. The zero-order chi connectivity index (χ0) is 18.5. The highest BCUT2D eigenvalue weighted by Crippen LogP contribution is 2.08. The molecule has 0 bridgehead atoms. The maximum atomic E-state index is 11.5. The molecule has 0 saturated carbocycles. The van der Waals surface area contributed by atoms with Crippen LogP contribution in [-0.4, -0.2) is 83.6 Å². The highest BCUT2D eigenvalue weighted by atomic mass is 32.2. The van der Waals surface area contributed by atoms with Crippen LogP contribution < -0.4 is 10.6 Å². The third-order valence-corrected chi connectivity index (χ3v) is 5.24. The number of hydrogen-bond acceptors (Lipinski definition) is 5. The molecule has 9 heteroatoms. The second-order valence-electron chi connectivity index (χ2n) is 6.01. The van der Waals surface area contributed by atoms with Crippen LogP contribution in [-0.2, 0) is 19.5 Å². The van der Waals surface area contributed by atoms with Crippen molar-refractivity contribution < 1.29 is 17.9 Å². The summed E-state index contributed by atoms with van der Waals surface area (Å²) in [6, 6.07) is 0. The van der Waals surface area contributed by atoms with Crippen LogP contribution in [0.25, 0.3) is 0 Å². The summed E-state index contributed by atoms with van der Waals surface area (Å²) in [5.41, 5.74) is 0. The first-order valence-electron chi connectivity index (χ1n) is 9.14. The normalized spacial score (nSPS) is 18.7.